The summed E-state index contributed by atoms with van der Waals surface area (Å²) >= 11 is 0. The van der Waals surface area contributed by atoms with Gasteiger partial charge in [0.25, 0.3) is 0 Å². The highest BCUT2D eigenvalue weighted by molar-refractivity contribution is 5.34. The van der Waals surface area contributed by atoms with E-state index in [9.17, 15) is 0 Å². The molecule has 1 nitrogen and oxygen atoms in total. The molecule has 1 aliphatic heterocycles. The van der Waals surface area contributed by atoms with E-state index < -0.39 is 0 Å². The Bertz CT molecular complexity index is 339. The van der Waals surface area contributed by atoms with Crippen LogP contribution in [0, 0.1) is 12.3 Å². The van der Waals surface area contributed by atoms with E-state index in [-0.39, 0.29) is 0 Å². The first kappa shape index (κ1) is 10.3. The number of ether oxygens (including phenoxy) is 1. The zero-order valence-electron chi connectivity index (χ0n) is 8.91. The molecule has 0 bridgehead atoms. The van der Waals surface area contributed by atoms with Gasteiger partial charge in [-0.15, -0.1) is 6.42 Å². The van der Waals surface area contributed by atoms with Crippen LogP contribution in [0.4, 0.5) is 0 Å². The van der Waals surface area contributed by atoms with Gasteiger partial charge in [-0.05, 0) is 43.4 Å². The summed E-state index contributed by atoms with van der Waals surface area (Å²) in [5, 5.41) is 0. The van der Waals surface area contributed by atoms with Crippen LogP contribution in [0.3, 0.4) is 0 Å². The van der Waals surface area contributed by atoms with Gasteiger partial charge in [0.05, 0.1) is 6.10 Å². The molecule has 1 fully saturated rings. The highest BCUT2D eigenvalue weighted by atomic mass is 16.5. The minimum absolute atomic E-state index is 0.412. The molecule has 0 aliphatic carbocycles. The third-order valence-electron chi connectivity index (χ3n) is 2.86. The quantitative estimate of drug-likeness (QED) is 0.667. The molecule has 1 heteroatoms. The van der Waals surface area contributed by atoms with Gasteiger partial charge in [0.15, 0.2) is 0 Å². The first-order valence-corrected chi connectivity index (χ1v) is 5.55. The maximum atomic E-state index is 5.70. The maximum Gasteiger partial charge on any atom is 0.0615 e. The lowest BCUT2D eigenvalue weighted by molar-refractivity contribution is 0.0168. The van der Waals surface area contributed by atoms with Crippen molar-refractivity contribution in [3.8, 4) is 12.3 Å². The number of rotatable bonds is 2. The number of hydrogen-bond acceptors (Lipinski definition) is 1. The van der Waals surface area contributed by atoms with Crippen LogP contribution in [-0.2, 0) is 11.2 Å². The molecule has 0 amide bonds. The molecule has 0 radical (unpaired) electrons. The first-order chi connectivity index (χ1) is 7.38. The number of hydrogen-bond donors (Lipinski definition) is 0. The Labute approximate surface area is 91.5 Å². The predicted octanol–water partition coefficient (Wildman–Crippen LogP) is 2.78. The van der Waals surface area contributed by atoms with E-state index in [4.69, 9.17) is 11.2 Å². The zero-order valence-corrected chi connectivity index (χ0v) is 8.91. The second-order valence-electron chi connectivity index (χ2n) is 4.03. The highest BCUT2D eigenvalue weighted by Gasteiger charge is 2.13. The predicted molar refractivity (Wildman–Crippen MR) is 61.7 cm³/mol. The summed E-state index contributed by atoms with van der Waals surface area (Å²) < 4.78 is 5.70. The summed E-state index contributed by atoms with van der Waals surface area (Å²) in [4.78, 5) is 0. The number of benzene rings is 1. The van der Waals surface area contributed by atoms with Crippen LogP contribution < -0.4 is 0 Å². The second kappa shape index (κ2) is 5.00. The molecule has 0 N–H and O–H groups in total. The van der Waals surface area contributed by atoms with Crippen LogP contribution in [0.2, 0.25) is 0 Å². The third-order valence-corrected chi connectivity index (χ3v) is 2.86. The summed E-state index contributed by atoms with van der Waals surface area (Å²) in [7, 11) is 0. The molecule has 1 saturated heterocycles. The largest absolute Gasteiger partial charge is 0.378 e. The Morgan fingerprint density at radius 3 is 2.67 bits per heavy atom. The average molecular weight is 200 g/mol. The summed E-state index contributed by atoms with van der Waals surface area (Å²) in [6.45, 7) is 0.924. The summed E-state index contributed by atoms with van der Waals surface area (Å²) in [6.07, 6.45) is 10.4. The van der Waals surface area contributed by atoms with Gasteiger partial charge in [-0.1, -0.05) is 18.1 Å². The fourth-order valence-corrected chi connectivity index (χ4v) is 1.97. The summed E-state index contributed by atoms with van der Waals surface area (Å²) in [6, 6.07) is 8.20. The van der Waals surface area contributed by atoms with E-state index in [1.54, 1.807) is 0 Å². The van der Waals surface area contributed by atoms with Gasteiger partial charge >= 0.3 is 0 Å². The summed E-state index contributed by atoms with van der Waals surface area (Å²) in [5.74, 6) is 2.63. The Kier molecular flexibility index (Phi) is 3.42. The van der Waals surface area contributed by atoms with Gasteiger partial charge in [-0.2, -0.15) is 0 Å². The van der Waals surface area contributed by atoms with Crippen LogP contribution in [0.5, 0.6) is 0 Å². The molecule has 78 valence electrons. The topological polar surface area (TPSA) is 9.23 Å². The highest BCUT2D eigenvalue weighted by Crippen LogP contribution is 2.17. The van der Waals surface area contributed by atoms with Crippen LogP contribution in [0.1, 0.15) is 30.4 Å². The molecule has 0 saturated carbocycles. The minimum Gasteiger partial charge on any atom is -0.378 e. The van der Waals surface area contributed by atoms with E-state index in [0.717, 1.165) is 18.6 Å². The van der Waals surface area contributed by atoms with Gasteiger partial charge < -0.3 is 4.74 Å². The first-order valence-electron chi connectivity index (χ1n) is 5.55. The Morgan fingerprint density at radius 1 is 1.27 bits per heavy atom. The Balaban J connectivity index is 1.95. The molecule has 2 rings (SSSR count). The number of terminal acetylenes is 1. The van der Waals surface area contributed by atoms with Crippen LogP contribution >= 0.6 is 0 Å². The fourth-order valence-electron chi connectivity index (χ4n) is 1.97. The van der Waals surface area contributed by atoms with Gasteiger partial charge in [-0.25, -0.2) is 0 Å². The van der Waals surface area contributed by atoms with Crippen molar-refractivity contribution >= 4 is 0 Å². The molecule has 0 spiro atoms. The molecule has 1 aliphatic rings. The Morgan fingerprint density at radius 2 is 2.07 bits per heavy atom. The average Bonchev–Trinajstić information content (AvgIpc) is 2.31. The normalized spacial score (nSPS) is 20.9. The SMILES string of the molecule is C#Cc1ccc(CC2CCCCO2)cc1. The molecule has 1 aromatic carbocycles. The molecule has 1 unspecified atom stereocenters. The summed E-state index contributed by atoms with van der Waals surface area (Å²) in [5.41, 5.74) is 2.27. The van der Waals surface area contributed by atoms with Crippen molar-refractivity contribution in [3.63, 3.8) is 0 Å². The van der Waals surface area contributed by atoms with Crippen molar-refractivity contribution < 1.29 is 4.74 Å². The minimum atomic E-state index is 0.412. The van der Waals surface area contributed by atoms with Crippen molar-refractivity contribution in [1.82, 2.24) is 0 Å². The van der Waals surface area contributed by atoms with Crippen molar-refractivity contribution in [1.29, 1.82) is 0 Å². The molecule has 0 aromatic heterocycles. The molecular formula is C14H16O. The van der Waals surface area contributed by atoms with Crippen molar-refractivity contribution in [2.24, 2.45) is 0 Å². The van der Waals surface area contributed by atoms with Crippen LogP contribution in [0.25, 0.3) is 0 Å². The van der Waals surface area contributed by atoms with E-state index >= 15 is 0 Å². The van der Waals surface area contributed by atoms with Gasteiger partial charge in [0.1, 0.15) is 0 Å². The van der Waals surface area contributed by atoms with E-state index in [1.807, 2.05) is 12.1 Å². The van der Waals surface area contributed by atoms with E-state index in [2.05, 4.69) is 18.1 Å². The lowest BCUT2D eigenvalue weighted by Gasteiger charge is -2.22. The van der Waals surface area contributed by atoms with Crippen molar-refractivity contribution in [2.45, 2.75) is 31.8 Å². The third kappa shape index (κ3) is 2.84. The maximum absolute atomic E-state index is 5.70. The Hall–Kier alpha value is -1.26. The lowest BCUT2D eigenvalue weighted by Crippen LogP contribution is -2.21. The molecule has 1 heterocycles. The molecule has 1 aromatic rings. The van der Waals surface area contributed by atoms with Crippen molar-refractivity contribution in [2.75, 3.05) is 6.61 Å². The van der Waals surface area contributed by atoms with E-state index in [0.29, 0.717) is 6.10 Å². The second-order valence-corrected chi connectivity index (χ2v) is 4.03. The molecule has 15 heavy (non-hydrogen) atoms. The van der Waals surface area contributed by atoms with E-state index in [1.165, 1.54) is 24.8 Å². The van der Waals surface area contributed by atoms with Gasteiger partial charge in [0, 0.05) is 12.2 Å². The fraction of sp³-hybridized carbons (Fsp3) is 0.429. The smallest absolute Gasteiger partial charge is 0.0615 e. The van der Waals surface area contributed by atoms with Crippen LogP contribution in [0.15, 0.2) is 24.3 Å². The standard InChI is InChI=1S/C14H16O/c1-2-12-6-8-13(9-7-12)11-14-5-3-4-10-15-14/h1,6-9,14H,3-5,10-11H2. The van der Waals surface area contributed by atoms with Crippen molar-refractivity contribution in [3.05, 3.63) is 35.4 Å². The van der Waals surface area contributed by atoms with Gasteiger partial charge in [-0.3, -0.25) is 0 Å². The van der Waals surface area contributed by atoms with Gasteiger partial charge in [0.2, 0.25) is 0 Å². The molecule has 1 atom stereocenters. The monoisotopic (exact) mass is 200 g/mol. The lowest BCUT2D eigenvalue weighted by atomic mass is 10.0. The molecular weight excluding hydrogens is 184 g/mol. The zero-order chi connectivity index (χ0) is 10.5. The van der Waals surface area contributed by atoms with Crippen LogP contribution in [-0.4, -0.2) is 12.7 Å².